The van der Waals surface area contributed by atoms with Gasteiger partial charge in [0, 0.05) is 0 Å². The van der Waals surface area contributed by atoms with Crippen LogP contribution in [0.1, 0.15) is 19.4 Å². The van der Waals surface area contributed by atoms with E-state index in [4.69, 9.17) is 4.74 Å². The number of carbonyl (C=O) groups excluding carboxylic acids is 2. The first-order chi connectivity index (χ1) is 12.2. The summed E-state index contributed by atoms with van der Waals surface area (Å²) >= 11 is 0. The van der Waals surface area contributed by atoms with Gasteiger partial charge in [-0.3, -0.25) is 9.59 Å². The Morgan fingerprint density at radius 3 is 1.96 bits per heavy atom. The number of para-hydroxylation sites is 3. The number of nitrogens with one attached hydrogen (secondary N) is 2. The molecule has 26 heavy (non-hydrogen) atoms. The average Bonchev–Trinajstić information content (AvgIpc) is 2.55. The van der Waals surface area contributed by atoms with Gasteiger partial charge in [0.1, 0.15) is 5.75 Å². The molecule has 0 aliphatic rings. The van der Waals surface area contributed by atoms with Crippen molar-refractivity contribution < 1.29 is 27.5 Å². The Balaban J connectivity index is 2.14. The molecule has 0 fully saturated rings. The lowest BCUT2D eigenvalue weighted by Crippen LogP contribution is -2.30. The van der Waals surface area contributed by atoms with E-state index in [9.17, 15) is 22.8 Å². The Bertz CT molecular complexity index is 804. The van der Waals surface area contributed by atoms with Crippen LogP contribution < -0.4 is 15.4 Å². The summed E-state index contributed by atoms with van der Waals surface area (Å²) in [5.74, 6) is -1.98. The van der Waals surface area contributed by atoms with E-state index in [1.165, 1.54) is 18.2 Å². The molecule has 0 saturated heterocycles. The summed E-state index contributed by atoms with van der Waals surface area (Å²) in [5, 5.41) is 4.32. The molecule has 138 valence electrons. The minimum Gasteiger partial charge on any atom is -0.489 e. The number of anilines is 2. The summed E-state index contributed by atoms with van der Waals surface area (Å²) in [6.07, 6.45) is -4.82. The Kier molecular flexibility index (Phi) is 5.86. The van der Waals surface area contributed by atoms with E-state index in [1.807, 2.05) is 5.32 Å². The van der Waals surface area contributed by atoms with Crippen LogP contribution in [0, 0.1) is 0 Å². The van der Waals surface area contributed by atoms with Crippen LogP contribution in [0.4, 0.5) is 24.5 Å². The number of ether oxygens (including phenoxy) is 1. The molecule has 2 amide bonds. The fourth-order valence-electron chi connectivity index (χ4n) is 2.12. The lowest BCUT2D eigenvalue weighted by molar-refractivity contribution is -0.137. The number of alkyl halides is 3. The third-order valence-electron chi connectivity index (χ3n) is 3.18. The maximum Gasteiger partial charge on any atom is 0.418 e. The number of hydrogen-bond donors (Lipinski definition) is 2. The Morgan fingerprint density at radius 1 is 0.885 bits per heavy atom. The predicted octanol–water partition coefficient (Wildman–Crippen LogP) is 4.07. The van der Waals surface area contributed by atoms with Crippen molar-refractivity contribution in [3.8, 4) is 5.75 Å². The normalized spacial score (nSPS) is 11.2. The van der Waals surface area contributed by atoms with Gasteiger partial charge in [-0.1, -0.05) is 24.3 Å². The lowest BCUT2D eigenvalue weighted by Gasteiger charge is -2.15. The van der Waals surface area contributed by atoms with Gasteiger partial charge >= 0.3 is 18.0 Å². The number of hydrogen-bond acceptors (Lipinski definition) is 3. The zero-order chi connectivity index (χ0) is 19.3. The van der Waals surface area contributed by atoms with Crippen molar-refractivity contribution in [3.05, 3.63) is 54.1 Å². The molecule has 2 rings (SSSR count). The van der Waals surface area contributed by atoms with Gasteiger partial charge in [-0.25, -0.2) is 0 Å². The second-order valence-corrected chi connectivity index (χ2v) is 5.61. The standard InChI is InChI=1S/C18H17F3N2O3/c1-11(2)26-15-10-6-5-9-14(15)23-17(25)16(24)22-13-8-4-3-7-12(13)18(19,20)21/h3-11H,1-2H3,(H,22,24)(H,23,25). The Labute approximate surface area is 148 Å². The van der Waals surface area contributed by atoms with Crippen LogP contribution in [0.25, 0.3) is 0 Å². The number of benzene rings is 2. The molecular formula is C18H17F3N2O3. The molecule has 0 unspecified atom stereocenters. The highest BCUT2D eigenvalue weighted by molar-refractivity contribution is 6.43. The lowest BCUT2D eigenvalue weighted by atomic mass is 10.1. The molecule has 0 atom stereocenters. The minimum atomic E-state index is -4.65. The van der Waals surface area contributed by atoms with Crippen LogP contribution in [0.2, 0.25) is 0 Å². The molecule has 0 aliphatic carbocycles. The van der Waals surface area contributed by atoms with Gasteiger partial charge < -0.3 is 15.4 Å². The van der Waals surface area contributed by atoms with E-state index >= 15 is 0 Å². The molecule has 0 heterocycles. The van der Waals surface area contributed by atoms with Gasteiger partial charge in [-0.15, -0.1) is 0 Å². The van der Waals surface area contributed by atoms with Crippen LogP contribution in [0.3, 0.4) is 0 Å². The van der Waals surface area contributed by atoms with Crippen LogP contribution in [0.5, 0.6) is 5.75 Å². The second kappa shape index (κ2) is 7.90. The highest BCUT2D eigenvalue weighted by Gasteiger charge is 2.34. The molecular weight excluding hydrogens is 349 g/mol. The fraction of sp³-hybridized carbons (Fsp3) is 0.222. The van der Waals surface area contributed by atoms with E-state index in [0.29, 0.717) is 5.75 Å². The van der Waals surface area contributed by atoms with Gasteiger partial charge in [0.15, 0.2) is 0 Å². The van der Waals surface area contributed by atoms with E-state index in [0.717, 1.165) is 12.1 Å². The van der Waals surface area contributed by atoms with Crippen molar-refractivity contribution >= 4 is 23.2 Å². The van der Waals surface area contributed by atoms with Crippen molar-refractivity contribution in [2.24, 2.45) is 0 Å². The van der Waals surface area contributed by atoms with Gasteiger partial charge in [0.2, 0.25) is 0 Å². The smallest absolute Gasteiger partial charge is 0.418 e. The molecule has 0 spiro atoms. The summed E-state index contributed by atoms with van der Waals surface area (Å²) in [6, 6.07) is 10.8. The summed E-state index contributed by atoms with van der Waals surface area (Å²) in [6.45, 7) is 3.58. The molecule has 2 aromatic rings. The first-order valence-corrected chi connectivity index (χ1v) is 7.72. The van der Waals surface area contributed by atoms with Crippen molar-refractivity contribution in [3.63, 3.8) is 0 Å². The number of amides is 2. The summed E-state index contributed by atoms with van der Waals surface area (Å²) in [4.78, 5) is 24.1. The highest BCUT2D eigenvalue weighted by atomic mass is 19.4. The maximum atomic E-state index is 13.0. The minimum absolute atomic E-state index is 0.166. The third kappa shape index (κ3) is 4.98. The number of carbonyl (C=O) groups is 2. The molecule has 0 radical (unpaired) electrons. The second-order valence-electron chi connectivity index (χ2n) is 5.61. The predicted molar refractivity (Wildman–Crippen MR) is 90.9 cm³/mol. The van der Waals surface area contributed by atoms with Crippen LogP contribution in [-0.2, 0) is 15.8 Å². The molecule has 5 nitrogen and oxygen atoms in total. The number of halogens is 3. The van der Waals surface area contributed by atoms with Crippen LogP contribution in [-0.4, -0.2) is 17.9 Å². The van der Waals surface area contributed by atoms with Gasteiger partial charge in [0.05, 0.1) is 23.0 Å². The molecule has 2 aromatic carbocycles. The monoisotopic (exact) mass is 366 g/mol. The van der Waals surface area contributed by atoms with Crippen LogP contribution >= 0.6 is 0 Å². The van der Waals surface area contributed by atoms with E-state index in [2.05, 4.69) is 5.32 Å². The zero-order valence-corrected chi connectivity index (χ0v) is 14.1. The first-order valence-electron chi connectivity index (χ1n) is 7.72. The van der Waals surface area contributed by atoms with Crippen molar-refractivity contribution in [1.29, 1.82) is 0 Å². The molecule has 2 N–H and O–H groups in total. The van der Waals surface area contributed by atoms with E-state index in [1.54, 1.807) is 32.0 Å². The van der Waals surface area contributed by atoms with E-state index in [-0.39, 0.29) is 11.8 Å². The molecule has 0 aliphatic heterocycles. The molecule has 8 heteroatoms. The van der Waals surface area contributed by atoms with Gasteiger partial charge in [0.25, 0.3) is 0 Å². The fourth-order valence-corrected chi connectivity index (χ4v) is 2.12. The van der Waals surface area contributed by atoms with Gasteiger partial charge in [-0.2, -0.15) is 13.2 Å². The third-order valence-corrected chi connectivity index (χ3v) is 3.18. The highest BCUT2D eigenvalue weighted by Crippen LogP contribution is 2.34. The number of rotatable bonds is 4. The molecule has 0 bridgehead atoms. The maximum absolute atomic E-state index is 13.0. The first kappa shape index (κ1) is 19.3. The largest absolute Gasteiger partial charge is 0.489 e. The van der Waals surface area contributed by atoms with E-state index < -0.39 is 29.2 Å². The Morgan fingerprint density at radius 2 is 1.38 bits per heavy atom. The molecule has 0 saturated carbocycles. The van der Waals surface area contributed by atoms with Crippen molar-refractivity contribution in [2.75, 3.05) is 10.6 Å². The van der Waals surface area contributed by atoms with Crippen molar-refractivity contribution in [2.45, 2.75) is 26.1 Å². The average molecular weight is 366 g/mol. The van der Waals surface area contributed by atoms with Crippen LogP contribution in [0.15, 0.2) is 48.5 Å². The van der Waals surface area contributed by atoms with Crippen molar-refractivity contribution in [1.82, 2.24) is 0 Å². The Hall–Kier alpha value is -3.03. The topological polar surface area (TPSA) is 67.4 Å². The quantitative estimate of drug-likeness (QED) is 0.802. The van der Waals surface area contributed by atoms with Gasteiger partial charge in [-0.05, 0) is 38.1 Å². The summed E-state index contributed by atoms with van der Waals surface area (Å²) in [5.41, 5.74) is -1.29. The summed E-state index contributed by atoms with van der Waals surface area (Å²) in [7, 11) is 0. The molecule has 0 aromatic heterocycles. The zero-order valence-electron chi connectivity index (χ0n) is 14.1. The summed E-state index contributed by atoms with van der Waals surface area (Å²) < 4.78 is 44.4. The SMILES string of the molecule is CC(C)Oc1ccccc1NC(=O)C(=O)Nc1ccccc1C(F)(F)F.